The predicted octanol–water partition coefficient (Wildman–Crippen LogP) is 2.25. The third kappa shape index (κ3) is 3.36. The summed E-state index contributed by atoms with van der Waals surface area (Å²) in [6.45, 7) is 4.12. The predicted molar refractivity (Wildman–Crippen MR) is 86.7 cm³/mol. The van der Waals surface area contributed by atoms with Crippen LogP contribution in [0.15, 0.2) is 16.8 Å². The van der Waals surface area contributed by atoms with Crippen LogP contribution in [0.3, 0.4) is 0 Å². The largest absolute Gasteiger partial charge is 0.377 e. The average molecular weight is 320 g/mol. The van der Waals surface area contributed by atoms with Gasteiger partial charge < -0.3 is 10.1 Å². The van der Waals surface area contributed by atoms with Crippen molar-refractivity contribution in [2.45, 2.75) is 44.4 Å². The van der Waals surface area contributed by atoms with Gasteiger partial charge in [0.1, 0.15) is 0 Å². The van der Waals surface area contributed by atoms with Gasteiger partial charge in [0.15, 0.2) is 0 Å². The van der Waals surface area contributed by atoms with Crippen LogP contribution in [0.25, 0.3) is 0 Å². The highest BCUT2D eigenvalue weighted by Gasteiger charge is 2.41. The summed E-state index contributed by atoms with van der Waals surface area (Å²) in [4.78, 5) is 14.5. The van der Waals surface area contributed by atoms with E-state index in [1.807, 2.05) is 0 Å². The van der Waals surface area contributed by atoms with Gasteiger partial charge in [-0.3, -0.25) is 9.69 Å². The Morgan fingerprint density at radius 3 is 3.09 bits per heavy atom. The lowest BCUT2D eigenvalue weighted by molar-refractivity contribution is -0.123. The van der Waals surface area contributed by atoms with E-state index in [1.165, 1.54) is 5.56 Å². The molecule has 1 aromatic heterocycles. The second kappa shape index (κ2) is 6.30. The third-order valence-corrected chi connectivity index (χ3v) is 5.93. The van der Waals surface area contributed by atoms with E-state index in [4.69, 9.17) is 4.74 Å². The number of hydrogen-bond donors (Lipinski definition) is 1. The van der Waals surface area contributed by atoms with Crippen LogP contribution >= 0.6 is 11.3 Å². The molecule has 3 aliphatic rings. The lowest BCUT2D eigenvalue weighted by atomic mass is 9.83. The highest BCUT2D eigenvalue weighted by Crippen LogP contribution is 2.36. The number of fused-ring (bicyclic) bond motifs is 1. The Bertz CT molecular complexity index is 515. The Morgan fingerprint density at radius 1 is 1.41 bits per heavy atom. The number of nitrogens with one attached hydrogen (secondary N) is 1. The molecule has 0 bridgehead atoms. The molecule has 4 rings (SSSR count). The number of rotatable bonds is 5. The number of hydrogen-bond acceptors (Lipinski definition) is 4. The monoisotopic (exact) mass is 320 g/mol. The molecule has 0 spiro atoms. The van der Waals surface area contributed by atoms with Gasteiger partial charge in [-0.2, -0.15) is 11.3 Å². The molecule has 5 heteroatoms. The average Bonchev–Trinajstić information content (AvgIpc) is 3.01. The molecule has 0 radical (unpaired) electrons. The molecule has 1 aliphatic carbocycles. The molecule has 1 saturated carbocycles. The summed E-state index contributed by atoms with van der Waals surface area (Å²) in [5.41, 5.74) is 1.42. The molecule has 1 aromatic rings. The molecular formula is C17H24N2O2S. The van der Waals surface area contributed by atoms with Crippen molar-refractivity contribution >= 4 is 17.2 Å². The van der Waals surface area contributed by atoms with Gasteiger partial charge in [0, 0.05) is 25.0 Å². The number of thiophene rings is 1. The molecule has 3 fully saturated rings. The molecule has 1 N–H and O–H groups in total. The van der Waals surface area contributed by atoms with Gasteiger partial charge >= 0.3 is 0 Å². The molecule has 3 heterocycles. The fourth-order valence-electron chi connectivity index (χ4n) is 3.85. The van der Waals surface area contributed by atoms with Crippen molar-refractivity contribution in [3.8, 4) is 0 Å². The molecule has 120 valence electrons. The first-order chi connectivity index (χ1) is 10.8. The van der Waals surface area contributed by atoms with E-state index in [9.17, 15) is 4.79 Å². The summed E-state index contributed by atoms with van der Waals surface area (Å²) < 4.78 is 5.97. The first-order valence-electron chi connectivity index (χ1n) is 8.42. The molecule has 3 atom stereocenters. The minimum atomic E-state index is 0.145. The fourth-order valence-corrected chi connectivity index (χ4v) is 4.51. The van der Waals surface area contributed by atoms with E-state index in [0.29, 0.717) is 24.3 Å². The summed E-state index contributed by atoms with van der Waals surface area (Å²) in [6.07, 6.45) is 4.17. The minimum absolute atomic E-state index is 0.145. The Balaban J connectivity index is 1.28. The van der Waals surface area contributed by atoms with Crippen molar-refractivity contribution in [3.63, 3.8) is 0 Å². The highest BCUT2D eigenvalue weighted by molar-refractivity contribution is 7.07. The van der Waals surface area contributed by atoms with Crippen LogP contribution in [0.5, 0.6) is 0 Å². The maximum Gasteiger partial charge on any atom is 0.222 e. The number of carbonyl (C=O) groups excluding carboxylic acids is 1. The van der Waals surface area contributed by atoms with Gasteiger partial charge in [-0.25, -0.2) is 0 Å². The number of ether oxygens (including phenoxy) is 1. The smallest absolute Gasteiger partial charge is 0.222 e. The maximum absolute atomic E-state index is 12.0. The van der Waals surface area contributed by atoms with Crippen molar-refractivity contribution < 1.29 is 9.53 Å². The molecule has 0 unspecified atom stereocenters. The zero-order valence-electron chi connectivity index (χ0n) is 12.9. The second-order valence-electron chi connectivity index (χ2n) is 7.00. The molecular weight excluding hydrogens is 296 g/mol. The summed E-state index contributed by atoms with van der Waals surface area (Å²) in [6, 6.07) is 2.67. The standard InChI is InChI=1S/C17H24N2O2S/c20-17(18-14-1-2-14)7-16-15-3-5-19(9-13(15)10-21-16)8-12-4-6-22-11-12/h4,6,11,13-16H,1-3,5,7-10H2,(H,18,20)/t13-,15-,16-/m0/s1. The van der Waals surface area contributed by atoms with Crippen molar-refractivity contribution in [3.05, 3.63) is 22.4 Å². The number of piperidine rings is 1. The highest BCUT2D eigenvalue weighted by atomic mass is 32.1. The summed E-state index contributed by atoms with van der Waals surface area (Å²) >= 11 is 1.77. The zero-order chi connectivity index (χ0) is 14.9. The van der Waals surface area contributed by atoms with E-state index >= 15 is 0 Å². The van der Waals surface area contributed by atoms with Crippen LogP contribution in [0, 0.1) is 11.8 Å². The molecule has 0 aromatic carbocycles. The molecule has 1 amide bonds. The van der Waals surface area contributed by atoms with Gasteiger partial charge in [-0.1, -0.05) is 0 Å². The van der Waals surface area contributed by atoms with Crippen LogP contribution in [0.2, 0.25) is 0 Å². The number of likely N-dealkylation sites (tertiary alicyclic amines) is 1. The van der Waals surface area contributed by atoms with Crippen molar-refractivity contribution in [2.75, 3.05) is 19.7 Å². The van der Waals surface area contributed by atoms with Crippen LogP contribution in [-0.4, -0.2) is 42.6 Å². The Kier molecular flexibility index (Phi) is 4.20. The fraction of sp³-hybridized carbons (Fsp3) is 0.706. The Labute approximate surface area is 135 Å². The SMILES string of the molecule is O=C(C[C@@H]1OC[C@@H]2CN(Cc3ccsc3)CC[C@@H]21)NC1CC1. The van der Waals surface area contributed by atoms with Gasteiger partial charge in [0.25, 0.3) is 0 Å². The third-order valence-electron chi connectivity index (χ3n) is 5.19. The first kappa shape index (κ1) is 14.7. The van der Waals surface area contributed by atoms with Crippen molar-refractivity contribution in [1.29, 1.82) is 0 Å². The number of carbonyl (C=O) groups is 1. The number of amides is 1. The van der Waals surface area contributed by atoms with E-state index in [2.05, 4.69) is 27.0 Å². The molecule has 2 saturated heterocycles. The van der Waals surface area contributed by atoms with Gasteiger partial charge in [-0.05, 0) is 54.1 Å². The second-order valence-corrected chi connectivity index (χ2v) is 7.78. The van der Waals surface area contributed by atoms with Gasteiger partial charge in [-0.15, -0.1) is 0 Å². The van der Waals surface area contributed by atoms with E-state index in [1.54, 1.807) is 11.3 Å². The maximum atomic E-state index is 12.0. The topological polar surface area (TPSA) is 41.6 Å². The number of nitrogens with zero attached hydrogens (tertiary/aromatic N) is 1. The van der Waals surface area contributed by atoms with Gasteiger partial charge in [0.2, 0.25) is 5.91 Å². The van der Waals surface area contributed by atoms with E-state index in [-0.39, 0.29) is 12.0 Å². The summed E-state index contributed by atoms with van der Waals surface area (Å²) in [5, 5.41) is 7.47. The van der Waals surface area contributed by atoms with Gasteiger partial charge in [0.05, 0.1) is 19.1 Å². The Hall–Kier alpha value is -0.910. The quantitative estimate of drug-likeness (QED) is 0.905. The first-order valence-corrected chi connectivity index (χ1v) is 9.36. The van der Waals surface area contributed by atoms with Crippen molar-refractivity contribution in [1.82, 2.24) is 10.2 Å². The summed E-state index contributed by atoms with van der Waals surface area (Å²) in [7, 11) is 0. The lowest BCUT2D eigenvalue weighted by Gasteiger charge is -2.35. The molecule has 22 heavy (non-hydrogen) atoms. The molecule has 2 aliphatic heterocycles. The normalized spacial score (nSPS) is 31.9. The van der Waals surface area contributed by atoms with Crippen LogP contribution in [-0.2, 0) is 16.1 Å². The van der Waals surface area contributed by atoms with Crippen LogP contribution < -0.4 is 5.32 Å². The zero-order valence-corrected chi connectivity index (χ0v) is 13.7. The van der Waals surface area contributed by atoms with Crippen molar-refractivity contribution in [2.24, 2.45) is 11.8 Å². The Morgan fingerprint density at radius 2 is 2.32 bits per heavy atom. The van der Waals surface area contributed by atoms with E-state index in [0.717, 1.165) is 45.5 Å². The minimum Gasteiger partial charge on any atom is -0.377 e. The van der Waals surface area contributed by atoms with Crippen LogP contribution in [0.1, 0.15) is 31.2 Å². The lowest BCUT2D eigenvalue weighted by Crippen LogP contribution is -2.42. The molecule has 4 nitrogen and oxygen atoms in total. The summed E-state index contributed by atoms with van der Waals surface area (Å²) in [5.74, 6) is 1.36. The van der Waals surface area contributed by atoms with Crippen LogP contribution in [0.4, 0.5) is 0 Å². The van der Waals surface area contributed by atoms with E-state index < -0.39 is 0 Å².